The summed E-state index contributed by atoms with van der Waals surface area (Å²) in [6.07, 6.45) is 4.43. The molecule has 0 aromatic heterocycles. The molecule has 1 unspecified atom stereocenters. The molecule has 0 aliphatic heterocycles. The minimum atomic E-state index is -0.836. The van der Waals surface area contributed by atoms with Crippen LogP contribution >= 0.6 is 0 Å². The second kappa shape index (κ2) is 3.77. The summed E-state index contributed by atoms with van der Waals surface area (Å²) in [6.45, 7) is 5.21. The molecule has 0 spiro atoms. The van der Waals surface area contributed by atoms with E-state index in [4.69, 9.17) is 0 Å². The quantitative estimate of drug-likeness (QED) is 0.758. The summed E-state index contributed by atoms with van der Waals surface area (Å²) in [5.74, 6) is -0.166. The topological polar surface area (TPSA) is 54.4 Å². The Hall–Kier alpha value is -0.960. The van der Waals surface area contributed by atoms with Gasteiger partial charge in [0.1, 0.15) is 0 Å². The number of allylic oxidation sites excluding steroid dienone is 2. The first kappa shape index (κ1) is 12.5. The van der Waals surface area contributed by atoms with Crippen molar-refractivity contribution >= 4 is 11.6 Å². The summed E-state index contributed by atoms with van der Waals surface area (Å²) < 4.78 is 0. The van der Waals surface area contributed by atoms with Gasteiger partial charge in [-0.15, -0.1) is 0 Å². The molecule has 1 fully saturated rings. The van der Waals surface area contributed by atoms with E-state index in [1.165, 1.54) is 13.0 Å². The summed E-state index contributed by atoms with van der Waals surface area (Å²) in [4.78, 5) is 23.6. The molecule has 2 aliphatic rings. The Labute approximate surface area is 102 Å². The first-order valence-electron chi connectivity index (χ1n) is 6.26. The third-order valence-electron chi connectivity index (χ3n) is 4.64. The van der Waals surface area contributed by atoms with E-state index in [0.717, 1.165) is 12.8 Å². The van der Waals surface area contributed by atoms with E-state index in [1.54, 1.807) is 6.92 Å². The van der Waals surface area contributed by atoms with Crippen molar-refractivity contribution < 1.29 is 14.7 Å². The van der Waals surface area contributed by atoms with E-state index in [1.807, 2.05) is 6.92 Å². The molecule has 94 valence electrons. The summed E-state index contributed by atoms with van der Waals surface area (Å²) in [6, 6.07) is 0. The van der Waals surface area contributed by atoms with Crippen molar-refractivity contribution in [3.05, 3.63) is 11.6 Å². The number of carbonyl (C=O) groups excluding carboxylic acids is 2. The zero-order chi connectivity index (χ0) is 12.8. The number of rotatable bonds is 1. The number of Topliss-reactive ketones (excluding diaryl/α,β-unsaturated/α-hetero) is 1. The third kappa shape index (κ3) is 1.86. The van der Waals surface area contributed by atoms with E-state index in [9.17, 15) is 14.7 Å². The first-order valence-corrected chi connectivity index (χ1v) is 6.26. The summed E-state index contributed by atoms with van der Waals surface area (Å²) in [5.41, 5.74) is -0.752. The normalized spacial score (nSPS) is 41.8. The van der Waals surface area contributed by atoms with Crippen LogP contribution in [0, 0.1) is 11.3 Å². The molecule has 0 radical (unpaired) electrons. The molecule has 3 nitrogen and oxygen atoms in total. The first-order chi connectivity index (χ1) is 7.77. The maximum atomic E-state index is 12.2. The van der Waals surface area contributed by atoms with Crippen LogP contribution in [0.1, 0.15) is 46.5 Å². The van der Waals surface area contributed by atoms with Crippen molar-refractivity contribution in [1.29, 1.82) is 0 Å². The Morgan fingerprint density at radius 1 is 1.41 bits per heavy atom. The molecular formula is C14H20O3. The van der Waals surface area contributed by atoms with Crippen molar-refractivity contribution in [3.63, 3.8) is 0 Å². The molecule has 1 N–H and O–H groups in total. The minimum absolute atomic E-state index is 0.0129. The van der Waals surface area contributed by atoms with E-state index in [-0.39, 0.29) is 17.5 Å². The fraction of sp³-hybridized carbons (Fsp3) is 0.714. The zero-order valence-corrected chi connectivity index (χ0v) is 10.7. The maximum Gasteiger partial charge on any atom is 0.162 e. The lowest BCUT2D eigenvalue weighted by molar-refractivity contribution is -0.145. The molecule has 0 bridgehead atoms. The molecule has 0 amide bonds. The predicted molar refractivity (Wildman–Crippen MR) is 64.5 cm³/mol. The average Bonchev–Trinajstić information content (AvgIpc) is 2.19. The van der Waals surface area contributed by atoms with Crippen LogP contribution in [0.2, 0.25) is 0 Å². The number of hydrogen-bond donors (Lipinski definition) is 1. The van der Waals surface area contributed by atoms with E-state index >= 15 is 0 Å². The maximum absolute atomic E-state index is 12.2. The van der Waals surface area contributed by atoms with Gasteiger partial charge in [0.15, 0.2) is 11.6 Å². The van der Waals surface area contributed by atoms with Crippen LogP contribution in [0.3, 0.4) is 0 Å². The molecular weight excluding hydrogens is 216 g/mol. The molecule has 0 aromatic rings. The Bertz CT molecular complexity index is 406. The minimum Gasteiger partial charge on any atom is -0.390 e. The molecule has 3 atom stereocenters. The number of carbonyl (C=O) groups is 2. The average molecular weight is 236 g/mol. The SMILES string of the molecule is CC(=O)C1=CC(=O)[C@]2(C)CCC[C@](C)(O)C2C1. The van der Waals surface area contributed by atoms with Gasteiger partial charge >= 0.3 is 0 Å². The number of hydrogen-bond acceptors (Lipinski definition) is 3. The molecule has 17 heavy (non-hydrogen) atoms. The largest absolute Gasteiger partial charge is 0.390 e. The van der Waals surface area contributed by atoms with Crippen LogP contribution in [0.25, 0.3) is 0 Å². The molecule has 2 rings (SSSR count). The van der Waals surface area contributed by atoms with Gasteiger partial charge in [0, 0.05) is 11.3 Å². The van der Waals surface area contributed by atoms with Crippen LogP contribution in [0.15, 0.2) is 11.6 Å². The van der Waals surface area contributed by atoms with Crippen LogP contribution in [0.5, 0.6) is 0 Å². The zero-order valence-electron chi connectivity index (χ0n) is 10.7. The lowest BCUT2D eigenvalue weighted by Gasteiger charge is -2.50. The molecule has 0 heterocycles. The lowest BCUT2D eigenvalue weighted by Crippen LogP contribution is -2.53. The Kier molecular flexibility index (Phi) is 2.77. The van der Waals surface area contributed by atoms with Crippen LogP contribution in [-0.2, 0) is 9.59 Å². The van der Waals surface area contributed by atoms with Gasteiger partial charge < -0.3 is 5.11 Å². The van der Waals surface area contributed by atoms with Gasteiger partial charge in [0.25, 0.3) is 0 Å². The van der Waals surface area contributed by atoms with Gasteiger partial charge in [-0.3, -0.25) is 9.59 Å². The van der Waals surface area contributed by atoms with Gasteiger partial charge in [-0.05, 0) is 51.2 Å². The van der Waals surface area contributed by atoms with Crippen molar-refractivity contribution in [2.24, 2.45) is 11.3 Å². The van der Waals surface area contributed by atoms with Crippen molar-refractivity contribution in [3.8, 4) is 0 Å². The van der Waals surface area contributed by atoms with Gasteiger partial charge in [-0.1, -0.05) is 6.92 Å². The Balaban J connectivity index is 2.44. The smallest absolute Gasteiger partial charge is 0.162 e. The highest BCUT2D eigenvalue weighted by molar-refractivity contribution is 6.05. The number of fused-ring (bicyclic) bond motifs is 1. The van der Waals surface area contributed by atoms with Gasteiger partial charge in [-0.2, -0.15) is 0 Å². The fourth-order valence-electron chi connectivity index (χ4n) is 3.44. The third-order valence-corrected chi connectivity index (χ3v) is 4.64. The standard InChI is InChI=1S/C14H20O3/c1-9(15)10-7-11-13(2,12(16)8-10)5-4-6-14(11,3)17/h8,11,17H,4-7H2,1-3H3/t11?,13-,14+/m1/s1. The van der Waals surface area contributed by atoms with Crippen LogP contribution in [0.4, 0.5) is 0 Å². The van der Waals surface area contributed by atoms with Gasteiger partial charge in [0.05, 0.1) is 5.60 Å². The lowest BCUT2D eigenvalue weighted by atomic mass is 9.55. The summed E-state index contributed by atoms with van der Waals surface area (Å²) in [7, 11) is 0. The second-order valence-corrected chi connectivity index (χ2v) is 5.97. The number of aliphatic hydroxyl groups is 1. The van der Waals surface area contributed by atoms with Crippen molar-refractivity contribution in [2.45, 2.75) is 52.1 Å². The van der Waals surface area contributed by atoms with E-state index in [2.05, 4.69) is 0 Å². The molecule has 2 aliphatic carbocycles. The number of ketones is 2. The van der Waals surface area contributed by atoms with Crippen molar-refractivity contribution in [1.82, 2.24) is 0 Å². The van der Waals surface area contributed by atoms with E-state index in [0.29, 0.717) is 18.4 Å². The highest BCUT2D eigenvalue weighted by Gasteiger charge is 2.53. The summed E-state index contributed by atoms with van der Waals surface area (Å²) >= 11 is 0. The molecule has 3 heteroatoms. The van der Waals surface area contributed by atoms with Gasteiger partial charge in [0.2, 0.25) is 0 Å². The monoisotopic (exact) mass is 236 g/mol. The van der Waals surface area contributed by atoms with E-state index < -0.39 is 11.0 Å². The van der Waals surface area contributed by atoms with Crippen LogP contribution < -0.4 is 0 Å². The Morgan fingerprint density at radius 2 is 2.06 bits per heavy atom. The highest BCUT2D eigenvalue weighted by Crippen LogP contribution is 2.52. The fourth-order valence-corrected chi connectivity index (χ4v) is 3.44. The van der Waals surface area contributed by atoms with Crippen LogP contribution in [-0.4, -0.2) is 22.3 Å². The molecule has 0 saturated heterocycles. The Morgan fingerprint density at radius 3 is 2.65 bits per heavy atom. The summed E-state index contributed by atoms with van der Waals surface area (Å²) in [5, 5.41) is 10.5. The molecule has 1 saturated carbocycles. The predicted octanol–water partition coefficient (Wildman–Crippen LogP) is 2.03. The second-order valence-electron chi connectivity index (χ2n) is 5.97. The molecule has 0 aromatic carbocycles. The van der Waals surface area contributed by atoms with Gasteiger partial charge in [-0.25, -0.2) is 0 Å². The highest BCUT2D eigenvalue weighted by atomic mass is 16.3. The van der Waals surface area contributed by atoms with Crippen molar-refractivity contribution in [2.75, 3.05) is 0 Å².